The van der Waals surface area contributed by atoms with Crippen molar-refractivity contribution in [3.05, 3.63) is 17.8 Å². The second-order valence-electron chi connectivity index (χ2n) is 3.74. The number of hydrogen-bond donors (Lipinski definition) is 2. The minimum Gasteiger partial charge on any atom is -0.481 e. The van der Waals surface area contributed by atoms with E-state index < -0.39 is 5.97 Å². The van der Waals surface area contributed by atoms with Crippen molar-refractivity contribution in [2.45, 2.75) is 31.7 Å². The Bertz CT molecular complexity index is 342. The van der Waals surface area contributed by atoms with Crippen molar-refractivity contribution in [2.75, 3.05) is 6.54 Å². The van der Waals surface area contributed by atoms with E-state index in [9.17, 15) is 4.79 Å². The molecule has 2 heterocycles. The van der Waals surface area contributed by atoms with Gasteiger partial charge in [-0.2, -0.15) is 0 Å². The van der Waals surface area contributed by atoms with Crippen LogP contribution in [-0.2, 0) is 11.2 Å². The van der Waals surface area contributed by atoms with Crippen LogP contribution < -0.4 is 5.32 Å². The van der Waals surface area contributed by atoms with Crippen LogP contribution in [0.4, 0.5) is 0 Å². The van der Waals surface area contributed by atoms with Crippen LogP contribution in [0.3, 0.4) is 0 Å². The number of aliphatic carboxylic acids is 1. The molecule has 2 N–H and O–H groups in total. The van der Waals surface area contributed by atoms with E-state index in [-0.39, 0.29) is 18.4 Å². The fourth-order valence-corrected chi connectivity index (χ4v) is 1.80. The molecule has 1 saturated heterocycles. The largest absolute Gasteiger partial charge is 0.481 e. The molecule has 0 bridgehead atoms. The first-order valence-electron chi connectivity index (χ1n) is 5.15. The number of carboxylic acids is 1. The van der Waals surface area contributed by atoms with Crippen molar-refractivity contribution >= 4 is 5.97 Å². The molecule has 1 aromatic rings. The van der Waals surface area contributed by atoms with Gasteiger partial charge in [0, 0.05) is 0 Å². The molecule has 0 spiro atoms. The number of hydrogen-bond acceptors (Lipinski definition) is 4. The van der Waals surface area contributed by atoms with Gasteiger partial charge < -0.3 is 14.8 Å². The fraction of sp³-hybridized carbons (Fsp3) is 0.600. The maximum Gasteiger partial charge on any atom is 0.312 e. The number of carbonyl (C=O) groups is 1. The summed E-state index contributed by atoms with van der Waals surface area (Å²) < 4.78 is 5.10. The molecule has 0 aliphatic carbocycles. The third-order valence-corrected chi connectivity index (χ3v) is 2.54. The zero-order valence-electron chi connectivity index (χ0n) is 8.40. The lowest BCUT2D eigenvalue weighted by atomic mass is 10.0. The van der Waals surface area contributed by atoms with E-state index in [1.54, 1.807) is 6.26 Å². The summed E-state index contributed by atoms with van der Waals surface area (Å²) >= 11 is 0. The summed E-state index contributed by atoms with van der Waals surface area (Å²) in [6.45, 7) is 0.992. The van der Waals surface area contributed by atoms with Crippen molar-refractivity contribution in [3.8, 4) is 0 Å². The molecule has 0 aromatic carbocycles. The molecule has 5 heteroatoms. The Balaban J connectivity index is 2.02. The molecular weight excluding hydrogens is 196 g/mol. The highest BCUT2D eigenvalue weighted by Gasteiger charge is 2.18. The van der Waals surface area contributed by atoms with Gasteiger partial charge in [-0.1, -0.05) is 6.42 Å². The lowest BCUT2D eigenvalue weighted by Crippen LogP contribution is -2.27. The normalized spacial score (nSPS) is 21.5. The average Bonchev–Trinajstić information content (AvgIpc) is 2.67. The van der Waals surface area contributed by atoms with Crippen LogP contribution in [0.15, 0.2) is 10.7 Å². The zero-order valence-corrected chi connectivity index (χ0v) is 8.40. The predicted octanol–water partition coefficient (Wildman–Crippen LogP) is 1.12. The van der Waals surface area contributed by atoms with Crippen molar-refractivity contribution in [3.63, 3.8) is 0 Å². The number of rotatable bonds is 3. The van der Waals surface area contributed by atoms with E-state index in [2.05, 4.69) is 10.3 Å². The Hall–Kier alpha value is -1.36. The lowest BCUT2D eigenvalue weighted by Gasteiger charge is -2.20. The highest BCUT2D eigenvalue weighted by molar-refractivity contribution is 5.68. The maximum absolute atomic E-state index is 10.4. The molecule has 5 nitrogen and oxygen atoms in total. The summed E-state index contributed by atoms with van der Waals surface area (Å²) in [5.74, 6) is -0.634. The third kappa shape index (κ3) is 2.56. The van der Waals surface area contributed by atoms with Crippen LogP contribution in [0.2, 0.25) is 0 Å². The monoisotopic (exact) mass is 210 g/mol. The second kappa shape index (κ2) is 4.44. The van der Waals surface area contributed by atoms with E-state index in [0.29, 0.717) is 0 Å². The van der Waals surface area contributed by atoms with Crippen molar-refractivity contribution < 1.29 is 14.3 Å². The Morgan fingerprint density at radius 1 is 1.67 bits per heavy atom. The smallest absolute Gasteiger partial charge is 0.312 e. The number of nitrogens with zero attached hydrogens (tertiary/aromatic N) is 1. The quantitative estimate of drug-likeness (QED) is 0.781. The van der Waals surface area contributed by atoms with Gasteiger partial charge >= 0.3 is 5.97 Å². The summed E-state index contributed by atoms with van der Waals surface area (Å²) in [4.78, 5) is 14.6. The van der Waals surface area contributed by atoms with Gasteiger partial charge in [0.05, 0.1) is 11.7 Å². The molecular formula is C10H14N2O3. The van der Waals surface area contributed by atoms with Gasteiger partial charge in [-0.3, -0.25) is 4.79 Å². The molecule has 2 rings (SSSR count). The molecule has 1 atom stereocenters. The third-order valence-electron chi connectivity index (χ3n) is 2.54. The molecule has 1 aliphatic rings. The second-order valence-corrected chi connectivity index (χ2v) is 3.74. The van der Waals surface area contributed by atoms with Crippen molar-refractivity contribution in [1.29, 1.82) is 0 Å². The van der Waals surface area contributed by atoms with Gasteiger partial charge in [-0.05, 0) is 19.4 Å². The predicted molar refractivity (Wildman–Crippen MR) is 52.4 cm³/mol. The van der Waals surface area contributed by atoms with Crippen LogP contribution in [-0.4, -0.2) is 22.6 Å². The molecule has 15 heavy (non-hydrogen) atoms. The van der Waals surface area contributed by atoms with E-state index in [4.69, 9.17) is 9.52 Å². The summed E-state index contributed by atoms with van der Waals surface area (Å²) in [6, 6.07) is 0.227. The first kappa shape index (κ1) is 10.2. The highest BCUT2D eigenvalue weighted by atomic mass is 16.4. The van der Waals surface area contributed by atoms with Gasteiger partial charge in [-0.25, -0.2) is 4.98 Å². The van der Waals surface area contributed by atoms with E-state index in [1.165, 1.54) is 12.8 Å². The highest BCUT2D eigenvalue weighted by Crippen LogP contribution is 2.22. The summed E-state index contributed by atoms with van der Waals surface area (Å²) in [5.41, 5.74) is 0.825. The van der Waals surface area contributed by atoms with E-state index in [1.807, 2.05) is 0 Å². The van der Waals surface area contributed by atoms with E-state index >= 15 is 0 Å². The van der Waals surface area contributed by atoms with E-state index in [0.717, 1.165) is 18.7 Å². The Morgan fingerprint density at radius 3 is 3.20 bits per heavy atom. The van der Waals surface area contributed by atoms with Gasteiger partial charge in [0.15, 0.2) is 0 Å². The number of oxazole rings is 1. The van der Waals surface area contributed by atoms with Gasteiger partial charge in [0.2, 0.25) is 5.89 Å². The summed E-state index contributed by atoms with van der Waals surface area (Å²) in [7, 11) is 0. The first-order chi connectivity index (χ1) is 7.25. The van der Waals surface area contributed by atoms with Crippen LogP contribution in [0.1, 0.15) is 36.9 Å². The number of carboxylic acid groups (broad SMARTS) is 1. The van der Waals surface area contributed by atoms with Crippen molar-refractivity contribution in [2.24, 2.45) is 0 Å². The zero-order chi connectivity index (χ0) is 10.7. The number of nitrogens with one attached hydrogen (secondary N) is 1. The lowest BCUT2D eigenvalue weighted by molar-refractivity contribution is -0.136. The number of aromatic nitrogens is 1. The van der Waals surface area contributed by atoms with Crippen LogP contribution in [0.5, 0.6) is 0 Å². The minimum atomic E-state index is -0.917. The number of piperidine rings is 1. The van der Waals surface area contributed by atoms with Gasteiger partial charge in [-0.15, -0.1) is 0 Å². The molecule has 0 saturated carbocycles. The molecule has 1 aliphatic heterocycles. The molecule has 82 valence electrons. The fourth-order valence-electron chi connectivity index (χ4n) is 1.80. The van der Waals surface area contributed by atoms with Crippen LogP contribution in [0.25, 0.3) is 0 Å². The van der Waals surface area contributed by atoms with Crippen LogP contribution in [0, 0.1) is 0 Å². The Morgan fingerprint density at radius 2 is 2.53 bits per heavy atom. The maximum atomic E-state index is 10.4. The molecule has 0 amide bonds. The Kier molecular flexibility index (Phi) is 3.01. The minimum absolute atomic E-state index is 0.146. The molecule has 0 radical (unpaired) electrons. The SMILES string of the molecule is O=C(O)Cc1nc(C2CCCCN2)co1. The molecule has 1 fully saturated rings. The topological polar surface area (TPSA) is 75.4 Å². The average molecular weight is 210 g/mol. The van der Waals surface area contributed by atoms with Gasteiger partial charge in [0.25, 0.3) is 0 Å². The first-order valence-corrected chi connectivity index (χ1v) is 5.15. The summed E-state index contributed by atoms with van der Waals surface area (Å²) in [6.07, 6.45) is 4.82. The molecule has 1 unspecified atom stereocenters. The van der Waals surface area contributed by atoms with Gasteiger partial charge in [0.1, 0.15) is 12.7 Å². The Labute approximate surface area is 87.5 Å². The standard InChI is InChI=1S/C10H14N2O3/c13-10(14)5-9-12-8(6-15-9)7-3-1-2-4-11-7/h6-7,11H,1-5H2,(H,13,14). The summed E-state index contributed by atoms with van der Waals surface area (Å²) in [5, 5.41) is 11.9. The molecule has 1 aromatic heterocycles. The van der Waals surface area contributed by atoms with Crippen molar-refractivity contribution in [1.82, 2.24) is 10.3 Å². The van der Waals surface area contributed by atoms with Crippen LogP contribution >= 0.6 is 0 Å².